The first-order valence-corrected chi connectivity index (χ1v) is 12.0. The fraction of sp³-hybridized carbons (Fsp3) is 0.407. The maximum atomic E-state index is 13.1. The lowest BCUT2D eigenvalue weighted by Crippen LogP contribution is -2.32. The molecule has 34 heavy (non-hydrogen) atoms. The molecule has 1 aliphatic heterocycles. The summed E-state index contributed by atoms with van der Waals surface area (Å²) in [4.78, 5) is 17.5. The largest absolute Gasteiger partial charge is 0.497 e. The summed E-state index contributed by atoms with van der Waals surface area (Å²) < 4.78 is 16.6. The number of benzene rings is 2. The molecule has 2 aromatic carbocycles. The van der Waals surface area contributed by atoms with Crippen molar-refractivity contribution in [3.05, 3.63) is 54.2 Å². The molecule has 5 rings (SSSR count). The number of aromatic nitrogens is 1. The molecule has 3 aromatic rings. The molecule has 2 aliphatic rings. The van der Waals surface area contributed by atoms with E-state index in [1.54, 1.807) is 13.3 Å². The van der Waals surface area contributed by atoms with Crippen LogP contribution >= 0.6 is 0 Å². The number of methoxy groups -OCH3 is 1. The molecule has 1 aromatic heterocycles. The SMILES string of the molecule is COc1ccc2nccc(NC(=O)C3CCCC(CNCc4ccc5c(c4)OCCO5)C3)c2c1. The van der Waals surface area contributed by atoms with Crippen LogP contribution in [-0.4, -0.2) is 37.8 Å². The number of hydrogen-bond acceptors (Lipinski definition) is 6. The molecule has 0 radical (unpaired) electrons. The summed E-state index contributed by atoms with van der Waals surface area (Å²) in [6.07, 6.45) is 5.77. The van der Waals surface area contributed by atoms with E-state index in [0.29, 0.717) is 19.1 Å². The highest BCUT2D eigenvalue weighted by Gasteiger charge is 2.27. The van der Waals surface area contributed by atoms with Gasteiger partial charge in [0.2, 0.25) is 5.91 Å². The average Bonchev–Trinajstić information content (AvgIpc) is 2.88. The van der Waals surface area contributed by atoms with Gasteiger partial charge in [0.1, 0.15) is 19.0 Å². The van der Waals surface area contributed by atoms with Gasteiger partial charge in [-0.15, -0.1) is 0 Å². The van der Waals surface area contributed by atoms with Crippen molar-refractivity contribution in [2.45, 2.75) is 32.2 Å². The molecule has 178 valence electrons. The van der Waals surface area contributed by atoms with E-state index in [2.05, 4.69) is 21.7 Å². The van der Waals surface area contributed by atoms with E-state index in [-0.39, 0.29) is 11.8 Å². The fourth-order valence-corrected chi connectivity index (χ4v) is 4.93. The smallest absolute Gasteiger partial charge is 0.227 e. The van der Waals surface area contributed by atoms with Gasteiger partial charge >= 0.3 is 0 Å². The molecular weight excluding hydrogens is 430 g/mol. The van der Waals surface area contributed by atoms with Crippen molar-refractivity contribution < 1.29 is 19.0 Å². The lowest BCUT2D eigenvalue weighted by Gasteiger charge is -2.29. The van der Waals surface area contributed by atoms with E-state index in [1.807, 2.05) is 36.4 Å². The zero-order valence-electron chi connectivity index (χ0n) is 19.5. The lowest BCUT2D eigenvalue weighted by atomic mass is 9.81. The minimum absolute atomic E-state index is 0.0173. The van der Waals surface area contributed by atoms with Gasteiger partial charge in [-0.05, 0) is 73.7 Å². The average molecular weight is 462 g/mol. The van der Waals surface area contributed by atoms with Crippen LogP contribution in [-0.2, 0) is 11.3 Å². The number of amides is 1. The molecule has 1 saturated carbocycles. The molecule has 0 spiro atoms. The minimum atomic E-state index is 0.0173. The molecule has 7 heteroatoms. The summed E-state index contributed by atoms with van der Waals surface area (Å²) >= 11 is 0. The first-order chi connectivity index (χ1) is 16.7. The van der Waals surface area contributed by atoms with Crippen molar-refractivity contribution in [1.82, 2.24) is 10.3 Å². The second-order valence-electron chi connectivity index (χ2n) is 9.07. The van der Waals surface area contributed by atoms with E-state index in [4.69, 9.17) is 14.2 Å². The van der Waals surface area contributed by atoms with Gasteiger partial charge in [-0.1, -0.05) is 12.5 Å². The van der Waals surface area contributed by atoms with Crippen molar-refractivity contribution in [3.8, 4) is 17.2 Å². The lowest BCUT2D eigenvalue weighted by molar-refractivity contribution is -0.121. The molecular formula is C27H31N3O4. The molecule has 0 saturated heterocycles. The summed E-state index contributed by atoms with van der Waals surface area (Å²) in [5.41, 5.74) is 2.80. The third-order valence-electron chi connectivity index (χ3n) is 6.73. The molecule has 1 fully saturated rings. The Morgan fingerprint density at radius 3 is 2.85 bits per heavy atom. The predicted octanol–water partition coefficient (Wildman–Crippen LogP) is 4.55. The van der Waals surface area contributed by atoms with Gasteiger partial charge < -0.3 is 24.8 Å². The number of rotatable bonds is 7. The summed E-state index contributed by atoms with van der Waals surface area (Å²) in [6, 6.07) is 13.7. The van der Waals surface area contributed by atoms with Crippen molar-refractivity contribution >= 4 is 22.5 Å². The van der Waals surface area contributed by atoms with Gasteiger partial charge in [-0.25, -0.2) is 0 Å². The zero-order chi connectivity index (χ0) is 23.3. The topological polar surface area (TPSA) is 81.7 Å². The summed E-state index contributed by atoms with van der Waals surface area (Å²) in [5, 5.41) is 7.62. The molecule has 1 amide bonds. The Kier molecular flexibility index (Phi) is 6.81. The van der Waals surface area contributed by atoms with Crippen LogP contribution in [0.1, 0.15) is 31.2 Å². The van der Waals surface area contributed by atoms with Crippen LogP contribution in [0.25, 0.3) is 10.9 Å². The maximum absolute atomic E-state index is 13.1. The van der Waals surface area contributed by atoms with Crippen molar-refractivity contribution in [1.29, 1.82) is 0 Å². The molecule has 2 N–H and O–H groups in total. The number of hydrogen-bond donors (Lipinski definition) is 2. The van der Waals surface area contributed by atoms with Gasteiger partial charge in [-0.2, -0.15) is 0 Å². The second-order valence-corrected chi connectivity index (χ2v) is 9.07. The van der Waals surface area contributed by atoms with E-state index >= 15 is 0 Å². The highest BCUT2D eigenvalue weighted by Crippen LogP contribution is 2.33. The standard InChI is InChI=1S/C27H31N3O4/c1-32-21-6-7-23-22(15-21)24(9-10-29-23)30-27(31)20-4-2-3-18(13-20)16-28-17-19-5-8-25-26(14-19)34-12-11-33-25/h5-10,14-15,18,20,28H,2-4,11-13,16-17H2,1H3,(H,29,30,31). The Balaban J connectivity index is 1.16. The summed E-state index contributed by atoms with van der Waals surface area (Å²) in [7, 11) is 1.64. The van der Waals surface area contributed by atoms with Crippen molar-refractivity contribution in [2.75, 3.05) is 32.2 Å². The normalized spacial score (nSPS) is 19.6. The molecule has 2 atom stereocenters. The van der Waals surface area contributed by atoms with Crippen LogP contribution in [0.5, 0.6) is 17.2 Å². The summed E-state index contributed by atoms with van der Waals surface area (Å²) in [6.45, 7) is 2.87. The first kappa shape index (κ1) is 22.5. The number of nitrogens with one attached hydrogen (secondary N) is 2. The van der Waals surface area contributed by atoms with Gasteiger partial charge in [0.05, 0.1) is 18.3 Å². The van der Waals surface area contributed by atoms with Gasteiger partial charge in [0, 0.05) is 24.0 Å². The zero-order valence-corrected chi connectivity index (χ0v) is 19.5. The van der Waals surface area contributed by atoms with E-state index in [1.165, 1.54) is 5.56 Å². The summed E-state index contributed by atoms with van der Waals surface area (Å²) in [5.74, 6) is 2.97. The number of pyridine rings is 1. The fourth-order valence-electron chi connectivity index (χ4n) is 4.93. The Hall–Kier alpha value is -3.32. The van der Waals surface area contributed by atoms with E-state index < -0.39 is 0 Å². The van der Waals surface area contributed by atoms with Crippen molar-refractivity contribution in [2.24, 2.45) is 11.8 Å². The number of nitrogens with zero attached hydrogens (tertiary/aromatic N) is 1. The Morgan fingerprint density at radius 2 is 1.97 bits per heavy atom. The highest BCUT2D eigenvalue weighted by atomic mass is 16.6. The minimum Gasteiger partial charge on any atom is -0.497 e. The molecule has 2 heterocycles. The molecule has 1 aliphatic carbocycles. The van der Waals surface area contributed by atoms with E-state index in [9.17, 15) is 4.79 Å². The Labute approximate surface area is 199 Å². The first-order valence-electron chi connectivity index (χ1n) is 12.0. The maximum Gasteiger partial charge on any atom is 0.227 e. The van der Waals surface area contributed by atoms with Crippen molar-refractivity contribution in [3.63, 3.8) is 0 Å². The Morgan fingerprint density at radius 1 is 1.09 bits per heavy atom. The third-order valence-corrected chi connectivity index (χ3v) is 6.73. The second kappa shape index (κ2) is 10.3. The number of carbonyl (C=O) groups is 1. The number of anilines is 1. The number of carbonyl (C=O) groups excluding carboxylic acids is 1. The van der Waals surface area contributed by atoms with E-state index in [0.717, 1.165) is 72.6 Å². The number of fused-ring (bicyclic) bond motifs is 2. The van der Waals surface area contributed by atoms with Crippen LogP contribution in [0.2, 0.25) is 0 Å². The van der Waals surface area contributed by atoms with Crippen LogP contribution in [0.3, 0.4) is 0 Å². The predicted molar refractivity (Wildman–Crippen MR) is 132 cm³/mol. The molecule has 2 unspecified atom stereocenters. The van der Waals surface area contributed by atoms with Crippen LogP contribution < -0.4 is 24.8 Å². The molecule has 7 nitrogen and oxygen atoms in total. The highest BCUT2D eigenvalue weighted by molar-refractivity contribution is 6.02. The Bertz CT molecular complexity index is 1170. The van der Waals surface area contributed by atoms with Gasteiger partial charge in [-0.3, -0.25) is 9.78 Å². The van der Waals surface area contributed by atoms with Crippen LogP contribution in [0.15, 0.2) is 48.7 Å². The van der Waals surface area contributed by atoms with Gasteiger partial charge in [0.25, 0.3) is 0 Å². The van der Waals surface area contributed by atoms with Gasteiger partial charge in [0.15, 0.2) is 11.5 Å². The monoisotopic (exact) mass is 461 g/mol. The van der Waals surface area contributed by atoms with Crippen LogP contribution in [0.4, 0.5) is 5.69 Å². The van der Waals surface area contributed by atoms with Crippen LogP contribution in [0, 0.1) is 11.8 Å². The number of ether oxygens (including phenoxy) is 3. The molecule has 0 bridgehead atoms. The quantitative estimate of drug-likeness (QED) is 0.537. The third kappa shape index (κ3) is 5.09.